The van der Waals surface area contributed by atoms with Crippen molar-refractivity contribution in [3.8, 4) is 11.3 Å². The Morgan fingerprint density at radius 3 is 2.63 bits per heavy atom. The van der Waals surface area contributed by atoms with Crippen molar-refractivity contribution in [2.24, 2.45) is 7.05 Å². The van der Waals surface area contributed by atoms with Crippen molar-refractivity contribution >= 4 is 28.3 Å². The molecule has 0 bridgehead atoms. The van der Waals surface area contributed by atoms with E-state index in [0.29, 0.717) is 10.8 Å². The minimum Gasteiger partial charge on any atom is -0.448 e. The zero-order chi connectivity index (χ0) is 19.4. The molecule has 0 aliphatic heterocycles. The van der Waals surface area contributed by atoms with Crippen molar-refractivity contribution in [2.75, 3.05) is 5.32 Å². The van der Waals surface area contributed by atoms with Gasteiger partial charge in [-0.25, -0.2) is 9.78 Å². The number of aryl methyl sites for hydroxylation is 2. The van der Waals surface area contributed by atoms with E-state index in [0.717, 1.165) is 17.7 Å². The molecule has 1 amide bonds. The number of nitrogens with zero attached hydrogens (tertiary/aromatic N) is 2. The first-order valence-corrected chi connectivity index (χ1v) is 9.54. The predicted octanol–water partition coefficient (Wildman–Crippen LogP) is 3.90. The van der Waals surface area contributed by atoms with Crippen LogP contribution in [-0.2, 0) is 23.0 Å². The third kappa shape index (κ3) is 4.43. The lowest BCUT2D eigenvalue weighted by atomic mass is 10.1. The summed E-state index contributed by atoms with van der Waals surface area (Å²) in [5.41, 5.74) is 3.44. The fraction of sp³-hybridized carbons (Fsp3) is 0.250. The fourth-order valence-corrected chi connectivity index (χ4v) is 3.25. The van der Waals surface area contributed by atoms with E-state index in [1.807, 2.05) is 17.5 Å². The number of amides is 1. The smallest absolute Gasteiger partial charge is 0.355 e. The summed E-state index contributed by atoms with van der Waals surface area (Å²) in [6, 6.07) is 11.6. The number of carbonyl (C=O) groups is 2. The summed E-state index contributed by atoms with van der Waals surface area (Å²) in [5, 5.41) is 5.06. The molecule has 0 saturated heterocycles. The van der Waals surface area contributed by atoms with Gasteiger partial charge in [0.05, 0.1) is 5.69 Å². The van der Waals surface area contributed by atoms with Crippen molar-refractivity contribution in [3.63, 3.8) is 0 Å². The van der Waals surface area contributed by atoms with Gasteiger partial charge in [-0.1, -0.05) is 31.2 Å². The number of thiazole rings is 1. The van der Waals surface area contributed by atoms with Crippen LogP contribution in [0.25, 0.3) is 11.3 Å². The van der Waals surface area contributed by atoms with E-state index >= 15 is 0 Å². The summed E-state index contributed by atoms with van der Waals surface area (Å²) >= 11 is 1.33. The van der Waals surface area contributed by atoms with E-state index in [4.69, 9.17) is 4.74 Å². The van der Waals surface area contributed by atoms with Crippen molar-refractivity contribution in [3.05, 3.63) is 59.2 Å². The topological polar surface area (TPSA) is 73.2 Å². The van der Waals surface area contributed by atoms with Gasteiger partial charge in [0.1, 0.15) is 5.69 Å². The molecule has 3 rings (SSSR count). The molecular weight excluding hydrogens is 362 g/mol. The number of nitrogens with one attached hydrogen (secondary N) is 1. The van der Waals surface area contributed by atoms with Gasteiger partial charge in [0, 0.05) is 24.2 Å². The second kappa shape index (κ2) is 8.18. The van der Waals surface area contributed by atoms with Crippen LogP contribution >= 0.6 is 11.3 Å². The predicted molar refractivity (Wildman–Crippen MR) is 106 cm³/mol. The Labute approximate surface area is 161 Å². The summed E-state index contributed by atoms with van der Waals surface area (Å²) in [6.07, 6.45) is 1.80. The van der Waals surface area contributed by atoms with Crippen LogP contribution in [0, 0.1) is 0 Å². The molecule has 140 valence electrons. The number of hydrogen-bond acceptors (Lipinski definition) is 5. The van der Waals surface area contributed by atoms with Crippen molar-refractivity contribution in [2.45, 2.75) is 26.4 Å². The van der Waals surface area contributed by atoms with Gasteiger partial charge in [-0.05, 0) is 31.0 Å². The Morgan fingerprint density at radius 1 is 1.26 bits per heavy atom. The number of rotatable bonds is 6. The molecule has 2 aromatic heterocycles. The summed E-state index contributed by atoms with van der Waals surface area (Å²) in [6.45, 7) is 3.64. The normalized spacial score (nSPS) is 11.8. The molecule has 7 heteroatoms. The molecule has 3 aromatic rings. The average Bonchev–Trinajstić information content (AvgIpc) is 3.30. The SMILES string of the molecule is CCc1ccc(-c2csc(NC(=O)C(C)OC(=O)c3cccn3C)n2)cc1. The van der Waals surface area contributed by atoms with E-state index in [1.165, 1.54) is 23.8 Å². The van der Waals surface area contributed by atoms with Gasteiger partial charge in [-0.15, -0.1) is 11.3 Å². The summed E-state index contributed by atoms with van der Waals surface area (Å²) in [7, 11) is 1.74. The highest BCUT2D eigenvalue weighted by molar-refractivity contribution is 7.14. The first kappa shape index (κ1) is 18.8. The highest BCUT2D eigenvalue weighted by Crippen LogP contribution is 2.25. The molecule has 0 radical (unpaired) electrons. The summed E-state index contributed by atoms with van der Waals surface area (Å²) in [4.78, 5) is 28.8. The third-order valence-electron chi connectivity index (χ3n) is 4.20. The molecule has 0 fully saturated rings. The quantitative estimate of drug-likeness (QED) is 0.655. The van der Waals surface area contributed by atoms with Crippen molar-refractivity contribution in [1.29, 1.82) is 0 Å². The van der Waals surface area contributed by atoms with Gasteiger partial charge in [0.2, 0.25) is 0 Å². The molecule has 0 saturated carbocycles. The zero-order valence-corrected chi connectivity index (χ0v) is 16.2. The van der Waals surface area contributed by atoms with E-state index in [-0.39, 0.29) is 0 Å². The highest BCUT2D eigenvalue weighted by atomic mass is 32.1. The average molecular weight is 383 g/mol. The fourth-order valence-electron chi connectivity index (χ4n) is 2.53. The van der Waals surface area contributed by atoms with Crippen LogP contribution in [-0.4, -0.2) is 27.5 Å². The van der Waals surface area contributed by atoms with Gasteiger partial charge in [0.15, 0.2) is 11.2 Å². The van der Waals surface area contributed by atoms with Crippen LogP contribution < -0.4 is 5.32 Å². The van der Waals surface area contributed by atoms with Crippen LogP contribution in [0.2, 0.25) is 0 Å². The van der Waals surface area contributed by atoms with Crippen LogP contribution in [0.4, 0.5) is 5.13 Å². The second-order valence-corrected chi connectivity index (χ2v) is 6.99. The van der Waals surface area contributed by atoms with Crippen LogP contribution in [0.15, 0.2) is 48.0 Å². The number of esters is 1. The van der Waals surface area contributed by atoms with Crippen molar-refractivity contribution < 1.29 is 14.3 Å². The summed E-state index contributed by atoms with van der Waals surface area (Å²) < 4.78 is 6.87. The number of ether oxygens (including phenoxy) is 1. The third-order valence-corrected chi connectivity index (χ3v) is 4.96. The van der Waals surface area contributed by atoms with Crippen LogP contribution in [0.1, 0.15) is 29.9 Å². The standard InChI is InChI=1S/C20H21N3O3S/c1-4-14-7-9-15(10-8-14)16-12-27-20(21-16)22-18(24)13(2)26-19(25)17-6-5-11-23(17)3/h5-13H,4H2,1-3H3,(H,21,22,24). The molecule has 27 heavy (non-hydrogen) atoms. The maximum atomic E-state index is 12.3. The lowest BCUT2D eigenvalue weighted by Crippen LogP contribution is -2.30. The maximum absolute atomic E-state index is 12.3. The largest absolute Gasteiger partial charge is 0.448 e. The monoisotopic (exact) mass is 383 g/mol. The summed E-state index contributed by atoms with van der Waals surface area (Å²) in [5.74, 6) is -0.958. The molecule has 2 heterocycles. The first-order valence-electron chi connectivity index (χ1n) is 8.66. The van der Waals surface area contributed by atoms with Gasteiger partial charge in [0.25, 0.3) is 5.91 Å². The second-order valence-electron chi connectivity index (χ2n) is 6.13. The Morgan fingerprint density at radius 2 is 2.00 bits per heavy atom. The Bertz CT molecular complexity index is 944. The minimum atomic E-state index is -0.927. The van der Waals surface area contributed by atoms with Crippen LogP contribution in [0.3, 0.4) is 0 Å². The zero-order valence-electron chi connectivity index (χ0n) is 15.4. The molecule has 1 N–H and O–H groups in total. The molecule has 6 nitrogen and oxygen atoms in total. The first-order chi connectivity index (χ1) is 13.0. The number of anilines is 1. The molecule has 0 aliphatic carbocycles. The van der Waals surface area contributed by atoms with Crippen molar-refractivity contribution in [1.82, 2.24) is 9.55 Å². The van der Waals surface area contributed by atoms with E-state index in [1.54, 1.807) is 29.9 Å². The van der Waals surface area contributed by atoms with E-state index in [2.05, 4.69) is 29.4 Å². The Kier molecular flexibility index (Phi) is 5.71. The number of carbonyl (C=O) groups excluding carboxylic acids is 2. The lowest BCUT2D eigenvalue weighted by Gasteiger charge is -2.12. The Balaban J connectivity index is 1.61. The lowest BCUT2D eigenvalue weighted by molar-refractivity contribution is -0.123. The Hall–Kier alpha value is -2.93. The molecule has 0 aliphatic rings. The molecular formula is C20H21N3O3S. The van der Waals surface area contributed by atoms with Gasteiger partial charge >= 0.3 is 5.97 Å². The minimum absolute atomic E-state index is 0.390. The number of aromatic nitrogens is 2. The van der Waals surface area contributed by atoms with Gasteiger partial charge in [-0.2, -0.15) is 0 Å². The molecule has 1 atom stereocenters. The number of hydrogen-bond donors (Lipinski definition) is 1. The van der Waals surface area contributed by atoms with Gasteiger partial charge < -0.3 is 9.30 Å². The maximum Gasteiger partial charge on any atom is 0.355 e. The molecule has 0 spiro atoms. The van der Waals surface area contributed by atoms with E-state index in [9.17, 15) is 9.59 Å². The van der Waals surface area contributed by atoms with Crippen LogP contribution in [0.5, 0.6) is 0 Å². The van der Waals surface area contributed by atoms with Gasteiger partial charge in [-0.3, -0.25) is 10.1 Å². The molecule has 1 unspecified atom stereocenters. The highest BCUT2D eigenvalue weighted by Gasteiger charge is 2.21. The number of benzene rings is 1. The van der Waals surface area contributed by atoms with E-state index < -0.39 is 18.0 Å². The molecule has 1 aromatic carbocycles.